The molecule has 3 rings (SSSR count). The van der Waals surface area contributed by atoms with Crippen molar-refractivity contribution < 1.29 is 35.9 Å². The highest BCUT2D eigenvalue weighted by Crippen LogP contribution is 2.31. The summed E-state index contributed by atoms with van der Waals surface area (Å²) in [6.45, 7) is 6.02. The summed E-state index contributed by atoms with van der Waals surface area (Å²) < 4.78 is 74.8. The second-order valence-corrected chi connectivity index (χ2v) is 16.3. The molecule has 1 fully saturated rings. The molecule has 1 aromatic carbocycles. The first-order chi connectivity index (χ1) is 15.2. The molecule has 0 aliphatic carbocycles. The number of alkyl halides is 3. The average Bonchev–Trinajstić information content (AvgIpc) is 3.09. The molecule has 14 heteroatoms. The predicted molar refractivity (Wildman–Crippen MR) is 119 cm³/mol. The zero-order valence-electron chi connectivity index (χ0n) is 18.8. The molecule has 33 heavy (non-hydrogen) atoms. The zero-order valence-corrected chi connectivity index (χ0v) is 20.7. The largest absolute Gasteiger partial charge is 0.511 e. The van der Waals surface area contributed by atoms with Crippen LogP contribution in [0.25, 0.3) is 10.9 Å². The van der Waals surface area contributed by atoms with E-state index >= 15 is 0 Å². The number of anilines is 1. The summed E-state index contributed by atoms with van der Waals surface area (Å²) in [5.74, 6) is -0.0944. The standard InChI is InChI=1S/C19H27F3N4O5SSi/c1-30-18(27)14-5-6-16-15(11-14)17(23-26(16)12-31-13-33(2,3)4)24-7-9-25(10-8-24)32(28,29)19(20,21)22/h5-6,11H,7-10,12-13H2,1-4H3. The number of sulfonamides is 1. The number of halogens is 3. The number of nitrogens with zero attached hydrogens (tertiary/aromatic N) is 4. The van der Waals surface area contributed by atoms with E-state index in [-0.39, 0.29) is 32.9 Å². The van der Waals surface area contributed by atoms with Crippen LogP contribution < -0.4 is 4.90 Å². The molecular weight excluding hydrogens is 481 g/mol. The van der Waals surface area contributed by atoms with Crippen LogP contribution in [0.2, 0.25) is 19.6 Å². The van der Waals surface area contributed by atoms with Crippen LogP contribution in [0.5, 0.6) is 0 Å². The van der Waals surface area contributed by atoms with Gasteiger partial charge in [0.2, 0.25) is 0 Å². The SMILES string of the molecule is COC(=O)c1ccc2c(c1)c(N1CCN(S(=O)(=O)C(F)(F)F)CC1)nn2COC[Si](C)(C)C. The maximum Gasteiger partial charge on any atom is 0.511 e. The van der Waals surface area contributed by atoms with Gasteiger partial charge in [-0.05, 0) is 18.2 Å². The molecule has 0 radical (unpaired) electrons. The van der Waals surface area contributed by atoms with Gasteiger partial charge in [-0.25, -0.2) is 17.9 Å². The topological polar surface area (TPSA) is 94.0 Å². The highest BCUT2D eigenvalue weighted by molar-refractivity contribution is 7.90. The Kier molecular flexibility index (Phi) is 7.12. The van der Waals surface area contributed by atoms with Gasteiger partial charge in [0, 0.05) is 37.8 Å². The van der Waals surface area contributed by atoms with Crippen molar-refractivity contribution >= 4 is 40.8 Å². The molecule has 0 unspecified atom stereocenters. The Morgan fingerprint density at radius 3 is 2.33 bits per heavy atom. The fourth-order valence-electron chi connectivity index (χ4n) is 3.46. The van der Waals surface area contributed by atoms with Gasteiger partial charge >= 0.3 is 21.5 Å². The molecule has 2 aromatic rings. The first kappa shape index (κ1) is 25.5. The van der Waals surface area contributed by atoms with E-state index < -0.39 is 29.6 Å². The van der Waals surface area contributed by atoms with Crippen molar-refractivity contribution in [1.82, 2.24) is 14.1 Å². The summed E-state index contributed by atoms with van der Waals surface area (Å²) in [5, 5.41) is 5.18. The Morgan fingerprint density at radius 1 is 1.15 bits per heavy atom. The number of rotatable bonds is 7. The van der Waals surface area contributed by atoms with Crippen LogP contribution in [-0.2, 0) is 26.2 Å². The number of aromatic nitrogens is 2. The molecule has 9 nitrogen and oxygen atoms in total. The average molecular weight is 509 g/mol. The molecule has 0 N–H and O–H groups in total. The van der Waals surface area contributed by atoms with E-state index in [0.29, 0.717) is 32.8 Å². The van der Waals surface area contributed by atoms with Crippen molar-refractivity contribution in [2.45, 2.75) is 31.9 Å². The minimum Gasteiger partial charge on any atom is -0.465 e. The number of carbonyl (C=O) groups excluding carboxylic acids is 1. The number of fused-ring (bicyclic) bond motifs is 1. The van der Waals surface area contributed by atoms with Crippen molar-refractivity contribution in [2.75, 3.05) is 44.4 Å². The monoisotopic (exact) mass is 508 g/mol. The Balaban J connectivity index is 1.90. The number of methoxy groups -OCH3 is 1. The Morgan fingerprint density at radius 2 is 1.79 bits per heavy atom. The summed E-state index contributed by atoms with van der Waals surface area (Å²) in [5.41, 5.74) is -4.36. The number of benzene rings is 1. The third-order valence-electron chi connectivity index (χ3n) is 5.07. The van der Waals surface area contributed by atoms with Crippen LogP contribution in [0.15, 0.2) is 18.2 Å². The van der Waals surface area contributed by atoms with Gasteiger partial charge in [-0.3, -0.25) is 0 Å². The number of hydrogen-bond acceptors (Lipinski definition) is 7. The van der Waals surface area contributed by atoms with Gasteiger partial charge in [0.1, 0.15) is 6.73 Å². The van der Waals surface area contributed by atoms with E-state index in [2.05, 4.69) is 24.7 Å². The second kappa shape index (κ2) is 9.23. The lowest BCUT2D eigenvalue weighted by molar-refractivity contribution is -0.0490. The van der Waals surface area contributed by atoms with Crippen molar-refractivity contribution in [3.05, 3.63) is 23.8 Å². The number of ether oxygens (including phenoxy) is 2. The van der Waals surface area contributed by atoms with Crippen LogP contribution in [-0.4, -0.2) is 81.6 Å². The molecule has 1 aromatic heterocycles. The molecule has 1 aliphatic rings. The molecule has 0 spiro atoms. The Hall–Kier alpha value is -2.16. The van der Waals surface area contributed by atoms with Crippen molar-refractivity contribution in [3.8, 4) is 0 Å². The number of carbonyl (C=O) groups is 1. The molecule has 0 saturated carbocycles. The van der Waals surface area contributed by atoms with Gasteiger partial charge in [0.05, 0.1) is 26.3 Å². The molecular formula is C19H27F3N4O5SSi. The predicted octanol–water partition coefficient (Wildman–Crippen LogP) is 2.65. The normalized spacial score (nSPS) is 16.4. The van der Waals surface area contributed by atoms with Crippen LogP contribution >= 0.6 is 0 Å². The minimum atomic E-state index is -5.39. The lowest BCUT2D eigenvalue weighted by Crippen LogP contribution is -2.52. The van der Waals surface area contributed by atoms with E-state index in [1.165, 1.54) is 7.11 Å². The third-order valence-corrected chi connectivity index (χ3v) is 7.77. The summed E-state index contributed by atoms with van der Waals surface area (Å²) in [4.78, 5) is 13.7. The molecule has 1 saturated heterocycles. The van der Waals surface area contributed by atoms with Gasteiger partial charge in [-0.2, -0.15) is 22.6 Å². The van der Waals surface area contributed by atoms with Crippen molar-refractivity contribution in [2.24, 2.45) is 0 Å². The minimum absolute atomic E-state index is 0.0135. The van der Waals surface area contributed by atoms with Crippen LogP contribution in [0.4, 0.5) is 19.0 Å². The fraction of sp³-hybridized carbons (Fsp3) is 0.579. The molecule has 0 amide bonds. The van der Waals surface area contributed by atoms with E-state index in [1.807, 2.05) is 0 Å². The first-order valence-corrected chi connectivity index (χ1v) is 15.4. The summed E-state index contributed by atoms with van der Waals surface area (Å²) >= 11 is 0. The molecule has 2 heterocycles. The number of hydrogen-bond donors (Lipinski definition) is 0. The quantitative estimate of drug-likeness (QED) is 0.419. The Labute approximate surface area is 191 Å². The highest BCUT2D eigenvalue weighted by atomic mass is 32.2. The van der Waals surface area contributed by atoms with Crippen LogP contribution in [0.1, 0.15) is 10.4 Å². The van der Waals surface area contributed by atoms with Gasteiger partial charge in [-0.15, -0.1) is 0 Å². The molecule has 0 bridgehead atoms. The summed E-state index contributed by atoms with van der Waals surface area (Å²) in [6, 6.07) is 4.92. The molecule has 184 valence electrons. The van der Waals surface area contributed by atoms with Crippen LogP contribution in [0, 0.1) is 0 Å². The van der Waals surface area contributed by atoms with E-state index in [9.17, 15) is 26.4 Å². The summed E-state index contributed by atoms with van der Waals surface area (Å²) in [6.07, 6.45) is 0.609. The summed E-state index contributed by atoms with van der Waals surface area (Å²) in [7, 11) is -5.58. The van der Waals surface area contributed by atoms with Gasteiger partial charge in [-0.1, -0.05) is 19.6 Å². The second-order valence-electron chi connectivity index (χ2n) is 8.92. The third kappa shape index (κ3) is 5.50. The smallest absolute Gasteiger partial charge is 0.465 e. The Bertz CT molecular complexity index is 1120. The first-order valence-electron chi connectivity index (χ1n) is 10.2. The van der Waals surface area contributed by atoms with Gasteiger partial charge < -0.3 is 14.4 Å². The molecule has 1 aliphatic heterocycles. The zero-order chi connectivity index (χ0) is 24.6. The van der Waals surface area contributed by atoms with E-state index in [4.69, 9.17) is 9.47 Å². The van der Waals surface area contributed by atoms with Gasteiger partial charge in [0.25, 0.3) is 0 Å². The maximum absolute atomic E-state index is 12.9. The lowest BCUT2D eigenvalue weighted by atomic mass is 10.1. The molecule has 0 atom stereocenters. The van der Waals surface area contributed by atoms with Gasteiger partial charge in [0.15, 0.2) is 5.82 Å². The maximum atomic E-state index is 12.9. The number of esters is 1. The fourth-order valence-corrected chi connectivity index (χ4v) is 5.10. The van der Waals surface area contributed by atoms with Crippen molar-refractivity contribution in [1.29, 1.82) is 0 Å². The van der Waals surface area contributed by atoms with Crippen molar-refractivity contribution in [3.63, 3.8) is 0 Å². The number of piperazine rings is 1. The lowest BCUT2D eigenvalue weighted by Gasteiger charge is -2.34. The highest BCUT2D eigenvalue weighted by Gasteiger charge is 2.50. The van der Waals surface area contributed by atoms with E-state index in [0.717, 1.165) is 0 Å². The van der Waals surface area contributed by atoms with E-state index in [1.54, 1.807) is 27.8 Å². The van der Waals surface area contributed by atoms with Crippen LogP contribution in [0.3, 0.4) is 0 Å².